The number of nitrogens with one attached hydrogen (secondary N) is 2. The molecule has 7 heteroatoms. The minimum atomic E-state index is -1.62. The van der Waals surface area contributed by atoms with Gasteiger partial charge in [0.15, 0.2) is 0 Å². The smallest absolute Gasteiger partial charge is 0.364 e. The lowest BCUT2D eigenvalue weighted by molar-refractivity contribution is -0.134. The molecule has 5 nitrogen and oxygen atoms in total. The molecule has 19 heavy (non-hydrogen) atoms. The number of carbonyl (C=O) groups is 1. The zero-order chi connectivity index (χ0) is 13.8. The van der Waals surface area contributed by atoms with Crippen LogP contribution >= 0.6 is 11.6 Å². The molecular formula is C12H13ClFN3O2. The van der Waals surface area contributed by atoms with Crippen LogP contribution in [0.1, 0.15) is 12.0 Å². The Balaban J connectivity index is 2.12. The standard InChI is InChI=1S/C12H13ClFN3O2/c13-9-3-7(4-10(14)12(18)19)5-16-11(9)17-8-1-2-15-6-8/h3-5,8,15H,1-2,6H2,(H,16,17)(H,18,19)/t8-/m1/s1. The van der Waals surface area contributed by atoms with Gasteiger partial charge >= 0.3 is 5.97 Å². The van der Waals surface area contributed by atoms with Crippen LogP contribution in [0.15, 0.2) is 18.1 Å². The third-order valence-corrected chi connectivity index (χ3v) is 3.05. The van der Waals surface area contributed by atoms with Crippen molar-refractivity contribution >= 4 is 29.5 Å². The molecule has 1 aliphatic rings. The van der Waals surface area contributed by atoms with Gasteiger partial charge in [-0.2, -0.15) is 4.39 Å². The van der Waals surface area contributed by atoms with Gasteiger partial charge in [0.05, 0.1) is 5.02 Å². The second kappa shape index (κ2) is 5.99. The van der Waals surface area contributed by atoms with Crippen LogP contribution in [0.4, 0.5) is 10.2 Å². The molecule has 0 unspecified atom stereocenters. The molecule has 1 atom stereocenters. The Bertz CT molecular complexity index is 516. The minimum absolute atomic E-state index is 0.266. The van der Waals surface area contributed by atoms with Crippen molar-refractivity contribution in [1.82, 2.24) is 10.3 Å². The molecule has 0 amide bonds. The fourth-order valence-electron chi connectivity index (χ4n) is 1.82. The van der Waals surface area contributed by atoms with Crippen molar-refractivity contribution in [3.05, 3.63) is 28.7 Å². The summed E-state index contributed by atoms with van der Waals surface area (Å²) in [7, 11) is 0. The van der Waals surface area contributed by atoms with Crippen molar-refractivity contribution in [2.24, 2.45) is 0 Å². The predicted octanol–water partition coefficient (Wildman–Crippen LogP) is 1.90. The van der Waals surface area contributed by atoms with E-state index in [2.05, 4.69) is 15.6 Å². The largest absolute Gasteiger partial charge is 0.476 e. The second-order valence-electron chi connectivity index (χ2n) is 4.23. The molecule has 0 spiro atoms. The van der Waals surface area contributed by atoms with Crippen LogP contribution in [0.3, 0.4) is 0 Å². The summed E-state index contributed by atoms with van der Waals surface area (Å²) in [4.78, 5) is 14.4. The first-order chi connectivity index (χ1) is 9.06. The quantitative estimate of drug-likeness (QED) is 0.737. The van der Waals surface area contributed by atoms with E-state index in [1.54, 1.807) is 0 Å². The maximum absolute atomic E-state index is 12.9. The van der Waals surface area contributed by atoms with Crippen LogP contribution in [0.25, 0.3) is 6.08 Å². The van der Waals surface area contributed by atoms with E-state index in [4.69, 9.17) is 16.7 Å². The molecule has 1 saturated heterocycles. The van der Waals surface area contributed by atoms with Crippen LogP contribution in [0, 0.1) is 0 Å². The lowest BCUT2D eigenvalue weighted by Crippen LogP contribution is -2.22. The van der Waals surface area contributed by atoms with Crippen LogP contribution in [-0.2, 0) is 4.79 Å². The average molecular weight is 286 g/mol. The Morgan fingerprint density at radius 1 is 1.68 bits per heavy atom. The van der Waals surface area contributed by atoms with Gasteiger partial charge < -0.3 is 15.7 Å². The Labute approximate surface area is 114 Å². The van der Waals surface area contributed by atoms with E-state index in [9.17, 15) is 9.18 Å². The highest BCUT2D eigenvalue weighted by molar-refractivity contribution is 6.33. The number of aromatic nitrogens is 1. The molecule has 0 bridgehead atoms. The van der Waals surface area contributed by atoms with Crippen molar-refractivity contribution in [2.45, 2.75) is 12.5 Å². The molecule has 0 radical (unpaired) electrons. The average Bonchev–Trinajstić information content (AvgIpc) is 2.85. The molecule has 1 fully saturated rings. The summed E-state index contributed by atoms with van der Waals surface area (Å²) >= 11 is 6.03. The fourth-order valence-corrected chi connectivity index (χ4v) is 2.05. The van der Waals surface area contributed by atoms with E-state index < -0.39 is 11.8 Å². The molecular weight excluding hydrogens is 273 g/mol. The van der Waals surface area contributed by atoms with Crippen molar-refractivity contribution < 1.29 is 14.3 Å². The summed E-state index contributed by atoms with van der Waals surface area (Å²) in [5.74, 6) is -2.35. The molecule has 3 N–H and O–H groups in total. The van der Waals surface area contributed by atoms with Crippen molar-refractivity contribution in [1.29, 1.82) is 0 Å². The van der Waals surface area contributed by atoms with E-state index in [0.717, 1.165) is 25.6 Å². The van der Waals surface area contributed by atoms with Crippen LogP contribution in [0.5, 0.6) is 0 Å². The number of aliphatic carboxylic acids is 1. The number of carboxylic acid groups (broad SMARTS) is 1. The van der Waals surface area contributed by atoms with Gasteiger partial charge in [0.2, 0.25) is 5.83 Å². The van der Waals surface area contributed by atoms with Gasteiger partial charge in [-0.1, -0.05) is 11.6 Å². The topological polar surface area (TPSA) is 74.2 Å². The summed E-state index contributed by atoms with van der Waals surface area (Å²) in [6, 6.07) is 1.74. The molecule has 1 aromatic rings. The van der Waals surface area contributed by atoms with Crippen LogP contribution in [-0.4, -0.2) is 35.2 Å². The van der Waals surface area contributed by atoms with Gasteiger partial charge in [0, 0.05) is 18.8 Å². The highest BCUT2D eigenvalue weighted by Crippen LogP contribution is 2.23. The Hall–Kier alpha value is -1.66. The second-order valence-corrected chi connectivity index (χ2v) is 4.64. The van der Waals surface area contributed by atoms with E-state index in [1.165, 1.54) is 12.3 Å². The summed E-state index contributed by atoms with van der Waals surface area (Å²) in [6.07, 6.45) is 3.23. The van der Waals surface area contributed by atoms with Gasteiger partial charge in [-0.25, -0.2) is 9.78 Å². The number of hydrogen-bond acceptors (Lipinski definition) is 4. The third-order valence-electron chi connectivity index (χ3n) is 2.76. The Morgan fingerprint density at radius 2 is 2.47 bits per heavy atom. The first-order valence-corrected chi connectivity index (χ1v) is 6.17. The lowest BCUT2D eigenvalue weighted by Gasteiger charge is -2.13. The van der Waals surface area contributed by atoms with Gasteiger partial charge in [-0.05, 0) is 30.7 Å². The van der Waals surface area contributed by atoms with Gasteiger partial charge in [-0.3, -0.25) is 0 Å². The summed E-state index contributed by atoms with van der Waals surface area (Å²) in [5, 5.41) is 15.2. The molecule has 102 valence electrons. The SMILES string of the molecule is O=C(O)C(F)=Cc1cnc(N[C@@H]2CCNC2)c(Cl)c1. The Kier molecular flexibility index (Phi) is 4.34. The number of carboxylic acids is 1. The van der Waals surface area contributed by atoms with Crippen molar-refractivity contribution in [3.8, 4) is 0 Å². The highest BCUT2D eigenvalue weighted by Gasteiger charge is 2.16. The zero-order valence-corrected chi connectivity index (χ0v) is 10.7. The minimum Gasteiger partial charge on any atom is -0.476 e. The normalized spacial score (nSPS) is 19.5. The lowest BCUT2D eigenvalue weighted by atomic mass is 10.2. The number of anilines is 1. The third kappa shape index (κ3) is 3.65. The predicted molar refractivity (Wildman–Crippen MR) is 70.9 cm³/mol. The highest BCUT2D eigenvalue weighted by atomic mass is 35.5. The number of pyridine rings is 1. The van der Waals surface area contributed by atoms with Crippen molar-refractivity contribution in [2.75, 3.05) is 18.4 Å². The van der Waals surface area contributed by atoms with Gasteiger partial charge in [-0.15, -0.1) is 0 Å². The van der Waals surface area contributed by atoms with Gasteiger partial charge in [0.1, 0.15) is 5.82 Å². The zero-order valence-electron chi connectivity index (χ0n) is 9.99. The monoisotopic (exact) mass is 285 g/mol. The number of rotatable bonds is 4. The fraction of sp³-hybridized carbons (Fsp3) is 0.333. The van der Waals surface area contributed by atoms with E-state index in [0.29, 0.717) is 16.4 Å². The summed E-state index contributed by atoms with van der Waals surface area (Å²) < 4.78 is 12.9. The molecule has 0 aromatic carbocycles. The van der Waals surface area contributed by atoms with Crippen LogP contribution in [0.2, 0.25) is 5.02 Å². The number of nitrogens with zero attached hydrogens (tertiary/aromatic N) is 1. The molecule has 2 heterocycles. The molecule has 2 rings (SSSR count). The maximum Gasteiger partial charge on any atom is 0.364 e. The molecule has 0 saturated carbocycles. The van der Waals surface area contributed by atoms with E-state index in [-0.39, 0.29) is 6.04 Å². The maximum atomic E-state index is 12.9. The molecule has 1 aliphatic heterocycles. The molecule has 0 aliphatic carbocycles. The molecule has 1 aromatic heterocycles. The first-order valence-electron chi connectivity index (χ1n) is 5.79. The van der Waals surface area contributed by atoms with E-state index in [1.807, 2.05) is 0 Å². The number of hydrogen-bond donors (Lipinski definition) is 3. The van der Waals surface area contributed by atoms with Crippen LogP contribution < -0.4 is 10.6 Å². The van der Waals surface area contributed by atoms with E-state index >= 15 is 0 Å². The first kappa shape index (κ1) is 13.8. The van der Waals surface area contributed by atoms with Crippen molar-refractivity contribution in [3.63, 3.8) is 0 Å². The number of halogens is 2. The van der Waals surface area contributed by atoms with Gasteiger partial charge in [0.25, 0.3) is 0 Å². The Morgan fingerprint density at radius 3 is 3.05 bits per heavy atom. The summed E-state index contributed by atoms with van der Waals surface area (Å²) in [6.45, 7) is 1.78. The summed E-state index contributed by atoms with van der Waals surface area (Å²) in [5.41, 5.74) is 0.306.